The Balaban J connectivity index is 1.69. The molecule has 0 aliphatic rings. The van der Waals surface area contributed by atoms with E-state index in [0.29, 0.717) is 12.2 Å². The molecule has 0 heterocycles. The summed E-state index contributed by atoms with van der Waals surface area (Å²) in [4.78, 5) is 11.9. The molecule has 8 heteroatoms. The van der Waals surface area contributed by atoms with Crippen LogP contribution in [0.2, 0.25) is 0 Å². The molecule has 0 aromatic heterocycles. The number of aliphatic hydroxyl groups is 1. The Morgan fingerprint density at radius 1 is 0.969 bits per heavy atom. The van der Waals surface area contributed by atoms with Gasteiger partial charge in [-0.2, -0.15) is 0 Å². The number of benzene rings is 3. The summed E-state index contributed by atoms with van der Waals surface area (Å²) in [5, 5.41) is 14.3. The van der Waals surface area contributed by atoms with Crippen LogP contribution < -0.4 is 14.8 Å². The summed E-state index contributed by atoms with van der Waals surface area (Å²) < 4.78 is 33.0. The van der Waals surface area contributed by atoms with Crippen molar-refractivity contribution in [2.45, 2.75) is 6.42 Å². The van der Waals surface area contributed by atoms with Crippen molar-refractivity contribution in [1.29, 1.82) is 0 Å². The lowest BCUT2D eigenvalue weighted by Crippen LogP contribution is -2.31. The summed E-state index contributed by atoms with van der Waals surface area (Å²) in [5.41, 5.74) is 1.58. The average Bonchev–Trinajstić information content (AvgIpc) is 2.81. The summed E-state index contributed by atoms with van der Waals surface area (Å²) in [7, 11) is -3.60. The van der Waals surface area contributed by atoms with E-state index in [2.05, 4.69) is 10.0 Å². The van der Waals surface area contributed by atoms with Crippen LogP contribution in [0.3, 0.4) is 0 Å². The van der Waals surface area contributed by atoms with Crippen molar-refractivity contribution in [2.24, 2.45) is 0 Å². The van der Waals surface area contributed by atoms with E-state index >= 15 is 0 Å². The molecule has 0 saturated heterocycles. The Morgan fingerprint density at radius 3 is 2.50 bits per heavy atom. The van der Waals surface area contributed by atoms with E-state index in [1.54, 1.807) is 0 Å². The third-order valence-electron chi connectivity index (χ3n) is 4.68. The van der Waals surface area contributed by atoms with Crippen molar-refractivity contribution in [3.05, 3.63) is 83.3 Å². The highest BCUT2D eigenvalue weighted by Gasteiger charge is 2.12. The predicted octanol–water partition coefficient (Wildman–Crippen LogP) is 2.46. The molecule has 3 aromatic carbocycles. The number of aliphatic hydroxyl groups excluding tert-OH is 1. The minimum Gasteiger partial charge on any atom is -0.483 e. The topological polar surface area (TPSA) is 105 Å². The monoisotopic (exact) mass is 454 g/mol. The van der Waals surface area contributed by atoms with Crippen molar-refractivity contribution >= 4 is 32.8 Å². The molecule has 0 aliphatic heterocycles. The highest BCUT2D eigenvalue weighted by molar-refractivity contribution is 7.92. The van der Waals surface area contributed by atoms with Gasteiger partial charge in [0.25, 0.3) is 5.91 Å². The Labute approximate surface area is 187 Å². The molecular weight excluding hydrogens is 428 g/mol. The first-order chi connectivity index (χ1) is 15.5. The molecule has 0 radical (unpaired) electrons. The zero-order chi connectivity index (χ0) is 22.8. The van der Waals surface area contributed by atoms with Gasteiger partial charge in [0.15, 0.2) is 6.61 Å². The quantitative estimate of drug-likeness (QED) is 0.413. The molecule has 0 saturated carbocycles. The maximum absolute atomic E-state index is 12.3. The molecule has 1 amide bonds. The van der Waals surface area contributed by atoms with E-state index in [9.17, 15) is 13.2 Å². The SMILES string of the molecule is O=C(COc1c(CCNS(=O)(=O)C=Cc2ccccc2)ccc2ccccc12)NCCO. The van der Waals surface area contributed by atoms with E-state index in [1.165, 1.54) is 6.08 Å². The van der Waals surface area contributed by atoms with Crippen molar-refractivity contribution in [1.82, 2.24) is 10.0 Å². The lowest BCUT2D eigenvalue weighted by molar-refractivity contribution is -0.123. The largest absolute Gasteiger partial charge is 0.483 e. The standard InChI is InChI=1S/C24H26N2O5S/c27-16-15-25-23(28)18-31-24-21(11-10-20-8-4-5-9-22(20)24)12-14-26-32(29,30)17-13-19-6-2-1-3-7-19/h1-11,13,17,26-27H,12,14-16,18H2,(H,25,28). The fourth-order valence-electron chi connectivity index (χ4n) is 3.15. The minimum atomic E-state index is -3.60. The number of sulfonamides is 1. The lowest BCUT2D eigenvalue weighted by Gasteiger charge is -2.15. The first kappa shape index (κ1) is 23.5. The summed E-state index contributed by atoms with van der Waals surface area (Å²) in [6, 6.07) is 20.6. The van der Waals surface area contributed by atoms with Crippen LogP contribution in [-0.4, -0.2) is 45.7 Å². The summed E-state index contributed by atoms with van der Waals surface area (Å²) in [6.07, 6.45) is 1.93. The van der Waals surface area contributed by atoms with Crippen LogP contribution in [0.15, 0.2) is 72.1 Å². The van der Waals surface area contributed by atoms with Crippen LogP contribution in [0.25, 0.3) is 16.8 Å². The first-order valence-corrected chi connectivity index (χ1v) is 11.8. The zero-order valence-corrected chi connectivity index (χ0v) is 18.3. The zero-order valence-electron chi connectivity index (χ0n) is 17.5. The molecule has 32 heavy (non-hydrogen) atoms. The fourth-order valence-corrected chi connectivity index (χ4v) is 3.97. The molecule has 0 atom stereocenters. The van der Waals surface area contributed by atoms with E-state index in [4.69, 9.17) is 9.84 Å². The molecule has 0 fully saturated rings. The van der Waals surface area contributed by atoms with E-state index in [0.717, 1.165) is 27.3 Å². The highest BCUT2D eigenvalue weighted by Crippen LogP contribution is 2.30. The third-order valence-corrected chi connectivity index (χ3v) is 5.78. The smallest absolute Gasteiger partial charge is 0.258 e. The van der Waals surface area contributed by atoms with Gasteiger partial charge in [0, 0.05) is 23.9 Å². The molecule has 3 N–H and O–H groups in total. The number of ether oxygens (including phenoxy) is 1. The Bertz CT molecular complexity index is 1180. The average molecular weight is 455 g/mol. The summed E-state index contributed by atoms with van der Waals surface area (Å²) in [5.74, 6) is 0.200. The highest BCUT2D eigenvalue weighted by atomic mass is 32.2. The second-order valence-electron chi connectivity index (χ2n) is 7.04. The van der Waals surface area contributed by atoms with Crippen LogP contribution >= 0.6 is 0 Å². The van der Waals surface area contributed by atoms with Crippen molar-refractivity contribution < 1.29 is 23.1 Å². The summed E-state index contributed by atoms with van der Waals surface area (Å²) >= 11 is 0. The van der Waals surface area contributed by atoms with Gasteiger partial charge in [0.2, 0.25) is 10.0 Å². The Hall–Kier alpha value is -3.20. The number of fused-ring (bicyclic) bond motifs is 1. The second kappa shape index (κ2) is 11.4. The normalized spacial score (nSPS) is 11.7. The molecule has 0 bridgehead atoms. The van der Waals surface area contributed by atoms with Gasteiger partial charge < -0.3 is 15.2 Å². The molecular formula is C24H26N2O5S. The van der Waals surface area contributed by atoms with Crippen molar-refractivity contribution in [3.63, 3.8) is 0 Å². The van der Waals surface area contributed by atoms with Gasteiger partial charge >= 0.3 is 0 Å². The molecule has 0 unspecified atom stereocenters. The number of carbonyl (C=O) groups excluding carboxylic acids is 1. The number of hydrogen-bond acceptors (Lipinski definition) is 5. The number of carbonyl (C=O) groups is 1. The summed E-state index contributed by atoms with van der Waals surface area (Å²) in [6.45, 7) is -0.0214. The fraction of sp³-hybridized carbons (Fsp3) is 0.208. The third kappa shape index (κ3) is 6.91. The van der Waals surface area contributed by atoms with Crippen LogP contribution in [0, 0.1) is 0 Å². The van der Waals surface area contributed by atoms with Crippen LogP contribution in [0.4, 0.5) is 0 Å². The number of amides is 1. The molecule has 0 spiro atoms. The number of nitrogens with one attached hydrogen (secondary N) is 2. The van der Waals surface area contributed by atoms with Gasteiger partial charge in [-0.3, -0.25) is 4.79 Å². The van der Waals surface area contributed by atoms with E-state index in [1.807, 2.05) is 66.7 Å². The van der Waals surface area contributed by atoms with Gasteiger partial charge in [-0.05, 0) is 29.0 Å². The van der Waals surface area contributed by atoms with E-state index < -0.39 is 10.0 Å². The molecule has 3 rings (SSSR count). The number of hydrogen-bond donors (Lipinski definition) is 3. The van der Waals surface area contributed by atoms with Gasteiger partial charge in [0.05, 0.1) is 6.61 Å². The molecule has 0 aliphatic carbocycles. The van der Waals surface area contributed by atoms with Crippen LogP contribution in [-0.2, 0) is 21.2 Å². The van der Waals surface area contributed by atoms with Gasteiger partial charge in [-0.1, -0.05) is 66.7 Å². The number of rotatable bonds is 11. The maximum Gasteiger partial charge on any atom is 0.258 e. The Morgan fingerprint density at radius 2 is 1.72 bits per heavy atom. The molecule has 168 valence electrons. The van der Waals surface area contributed by atoms with Crippen LogP contribution in [0.1, 0.15) is 11.1 Å². The van der Waals surface area contributed by atoms with Crippen molar-refractivity contribution in [3.8, 4) is 5.75 Å². The van der Waals surface area contributed by atoms with Gasteiger partial charge in [-0.25, -0.2) is 13.1 Å². The van der Waals surface area contributed by atoms with Gasteiger partial charge in [0.1, 0.15) is 5.75 Å². The van der Waals surface area contributed by atoms with Gasteiger partial charge in [-0.15, -0.1) is 0 Å². The van der Waals surface area contributed by atoms with E-state index in [-0.39, 0.29) is 32.2 Å². The minimum absolute atomic E-state index is 0.149. The Kier molecular flexibility index (Phi) is 8.38. The second-order valence-corrected chi connectivity index (χ2v) is 8.69. The molecule has 7 nitrogen and oxygen atoms in total. The maximum atomic E-state index is 12.3. The lowest BCUT2D eigenvalue weighted by atomic mass is 10.0. The predicted molar refractivity (Wildman–Crippen MR) is 126 cm³/mol. The van der Waals surface area contributed by atoms with Crippen LogP contribution in [0.5, 0.6) is 5.75 Å². The van der Waals surface area contributed by atoms with Crippen molar-refractivity contribution in [2.75, 3.05) is 26.3 Å². The first-order valence-electron chi connectivity index (χ1n) is 10.2. The molecule has 3 aromatic rings.